The van der Waals surface area contributed by atoms with Crippen molar-refractivity contribution in [3.05, 3.63) is 12.2 Å². The zero-order valence-electron chi connectivity index (χ0n) is 67.7. The molecule has 0 heterocycles. The Labute approximate surface area is 638 Å². The van der Waals surface area contributed by atoms with Gasteiger partial charge in [-0.3, -0.25) is 37.3 Å². The van der Waals surface area contributed by atoms with Crippen LogP contribution in [0.4, 0.5) is 0 Å². The first kappa shape index (κ1) is 102. The molecule has 0 aromatic carbocycles. The van der Waals surface area contributed by atoms with Crippen LogP contribution in [0.3, 0.4) is 0 Å². The summed E-state index contributed by atoms with van der Waals surface area (Å²) in [6, 6.07) is 0. The van der Waals surface area contributed by atoms with Gasteiger partial charge in [0.1, 0.15) is 19.3 Å². The Morgan fingerprint density at radius 2 is 0.442 bits per heavy atom. The third kappa shape index (κ3) is 77.9. The highest BCUT2D eigenvalue weighted by molar-refractivity contribution is 7.47. The first-order valence-corrected chi connectivity index (χ1v) is 46.9. The number of esters is 4. The summed E-state index contributed by atoms with van der Waals surface area (Å²) >= 11 is 0. The van der Waals surface area contributed by atoms with Crippen LogP contribution >= 0.6 is 15.6 Å². The van der Waals surface area contributed by atoms with Gasteiger partial charge in [0.15, 0.2) is 12.2 Å². The lowest BCUT2D eigenvalue weighted by Gasteiger charge is -2.21. The number of carbonyl (C=O) groups excluding carboxylic acids is 4. The van der Waals surface area contributed by atoms with Gasteiger partial charge in [0.05, 0.1) is 26.4 Å². The molecule has 5 atom stereocenters. The topological polar surface area (TPSA) is 237 Å². The number of aliphatic hydroxyl groups is 1. The van der Waals surface area contributed by atoms with Crippen molar-refractivity contribution in [2.45, 2.75) is 470 Å². The lowest BCUT2D eigenvalue weighted by molar-refractivity contribution is -0.161. The molecular weight excluding hydrogens is 1350 g/mol. The van der Waals surface area contributed by atoms with Gasteiger partial charge in [-0.15, -0.1) is 0 Å². The van der Waals surface area contributed by atoms with Crippen molar-refractivity contribution in [1.82, 2.24) is 0 Å². The SMILES string of the molecule is CCCCCCCC/C=C\CCCCCCCC(=O)OC[C@H](COP(=O)(O)OC[C@H](O)COP(=O)(O)OC[C@@H](COC(=O)CCCCCCCCCCCCCCCCCCC)OC(=O)CCCCCCCCCCCCCCCCCCC)OC(=O)CCCCCCCCCCCCCCCCC. The van der Waals surface area contributed by atoms with E-state index in [4.69, 9.17) is 37.0 Å². The van der Waals surface area contributed by atoms with E-state index in [0.717, 1.165) is 109 Å². The van der Waals surface area contributed by atoms with Gasteiger partial charge in [-0.2, -0.15) is 0 Å². The normalized spacial score (nSPS) is 13.8. The van der Waals surface area contributed by atoms with Gasteiger partial charge in [0.2, 0.25) is 0 Å². The minimum atomic E-state index is -4.97. The number of phosphoric ester groups is 2. The van der Waals surface area contributed by atoms with E-state index in [1.807, 2.05) is 0 Å². The summed E-state index contributed by atoms with van der Waals surface area (Å²) in [6.45, 7) is 5.04. The molecule has 0 saturated carbocycles. The zero-order valence-corrected chi connectivity index (χ0v) is 69.5. The van der Waals surface area contributed by atoms with Crippen LogP contribution in [0.2, 0.25) is 0 Å². The Morgan fingerprint density at radius 3 is 0.663 bits per heavy atom. The lowest BCUT2D eigenvalue weighted by atomic mass is 10.0. The highest BCUT2D eigenvalue weighted by Gasteiger charge is 2.30. The van der Waals surface area contributed by atoms with Crippen LogP contribution < -0.4 is 0 Å². The van der Waals surface area contributed by atoms with Crippen LogP contribution in [0.15, 0.2) is 12.2 Å². The molecule has 3 N–H and O–H groups in total. The largest absolute Gasteiger partial charge is 0.472 e. The molecule has 104 heavy (non-hydrogen) atoms. The number of ether oxygens (including phenoxy) is 4. The van der Waals surface area contributed by atoms with Crippen molar-refractivity contribution in [1.29, 1.82) is 0 Å². The molecular formula is C85H164O17P2. The molecule has 0 bridgehead atoms. The molecule has 0 rings (SSSR count). The summed E-state index contributed by atoms with van der Waals surface area (Å²) in [7, 11) is -9.93. The summed E-state index contributed by atoms with van der Waals surface area (Å²) in [5.74, 6) is -2.11. The van der Waals surface area contributed by atoms with E-state index in [-0.39, 0.29) is 25.7 Å². The fraction of sp³-hybridized carbons (Fsp3) is 0.929. The summed E-state index contributed by atoms with van der Waals surface area (Å²) in [5, 5.41) is 10.7. The average Bonchev–Trinajstić information content (AvgIpc) is 0.926. The first-order chi connectivity index (χ1) is 50.7. The molecule has 0 aliphatic rings. The van der Waals surface area contributed by atoms with E-state index in [2.05, 4.69) is 39.8 Å². The molecule has 2 unspecified atom stereocenters. The maximum absolute atomic E-state index is 13.1. The van der Waals surface area contributed by atoms with Crippen LogP contribution in [-0.2, 0) is 65.4 Å². The van der Waals surface area contributed by atoms with Gasteiger partial charge in [0.25, 0.3) is 0 Å². The molecule has 0 saturated heterocycles. The van der Waals surface area contributed by atoms with E-state index in [9.17, 15) is 43.2 Å². The number of phosphoric acid groups is 2. The van der Waals surface area contributed by atoms with Crippen molar-refractivity contribution < 1.29 is 80.2 Å². The number of aliphatic hydroxyl groups excluding tert-OH is 1. The molecule has 19 heteroatoms. The van der Waals surface area contributed by atoms with Gasteiger partial charge in [-0.25, -0.2) is 9.13 Å². The van der Waals surface area contributed by atoms with E-state index in [1.165, 1.54) is 263 Å². The van der Waals surface area contributed by atoms with Gasteiger partial charge in [-0.1, -0.05) is 387 Å². The Bertz CT molecular complexity index is 2010. The molecule has 17 nitrogen and oxygen atoms in total. The maximum Gasteiger partial charge on any atom is 0.472 e. The molecule has 0 fully saturated rings. The number of carbonyl (C=O) groups is 4. The van der Waals surface area contributed by atoms with Crippen LogP contribution in [0.25, 0.3) is 0 Å². The summed E-state index contributed by atoms with van der Waals surface area (Å²) < 4.78 is 68.9. The van der Waals surface area contributed by atoms with E-state index < -0.39 is 97.5 Å². The van der Waals surface area contributed by atoms with Crippen LogP contribution in [0.1, 0.15) is 451 Å². The summed E-state index contributed by atoms with van der Waals surface area (Å²) in [4.78, 5) is 73.2. The second kappa shape index (κ2) is 78.9. The van der Waals surface area contributed by atoms with Crippen molar-refractivity contribution in [3.63, 3.8) is 0 Å². The quantitative estimate of drug-likeness (QED) is 0.0169. The molecule has 0 aliphatic heterocycles. The van der Waals surface area contributed by atoms with Crippen LogP contribution in [-0.4, -0.2) is 96.7 Å². The third-order valence-electron chi connectivity index (χ3n) is 19.8. The molecule has 0 spiro atoms. The fourth-order valence-electron chi connectivity index (χ4n) is 13.0. The second-order valence-corrected chi connectivity index (χ2v) is 33.1. The maximum atomic E-state index is 13.1. The number of hydrogen-bond acceptors (Lipinski definition) is 15. The molecule has 0 aromatic rings. The fourth-order valence-corrected chi connectivity index (χ4v) is 14.6. The summed E-state index contributed by atoms with van der Waals surface area (Å²) in [6.07, 6.45) is 74.5. The molecule has 0 aliphatic carbocycles. The van der Waals surface area contributed by atoms with Gasteiger partial charge < -0.3 is 33.8 Å². The van der Waals surface area contributed by atoms with Crippen LogP contribution in [0, 0.1) is 0 Å². The second-order valence-electron chi connectivity index (χ2n) is 30.2. The van der Waals surface area contributed by atoms with Crippen molar-refractivity contribution >= 4 is 39.5 Å². The third-order valence-corrected chi connectivity index (χ3v) is 21.7. The highest BCUT2D eigenvalue weighted by Crippen LogP contribution is 2.45. The van der Waals surface area contributed by atoms with E-state index in [1.54, 1.807) is 0 Å². The number of allylic oxidation sites excluding steroid dienone is 2. The minimum Gasteiger partial charge on any atom is -0.462 e. The Kier molecular flexibility index (Phi) is 77.2. The van der Waals surface area contributed by atoms with Crippen molar-refractivity contribution in [2.24, 2.45) is 0 Å². The molecule has 0 amide bonds. The predicted octanol–water partition coefficient (Wildman–Crippen LogP) is 25.9. The van der Waals surface area contributed by atoms with Gasteiger partial charge in [0, 0.05) is 25.7 Å². The monoisotopic (exact) mass is 1520 g/mol. The number of hydrogen-bond donors (Lipinski definition) is 3. The first-order valence-electron chi connectivity index (χ1n) is 43.9. The minimum absolute atomic E-state index is 0.105. The highest BCUT2D eigenvalue weighted by atomic mass is 31.2. The lowest BCUT2D eigenvalue weighted by Crippen LogP contribution is -2.30. The Hall–Kier alpha value is -2.20. The molecule has 616 valence electrons. The Morgan fingerprint density at radius 1 is 0.260 bits per heavy atom. The number of unbranched alkanes of at least 4 members (excludes halogenated alkanes) is 57. The molecule has 0 radical (unpaired) electrons. The zero-order chi connectivity index (χ0) is 76.0. The number of rotatable bonds is 85. The average molecular weight is 1520 g/mol. The summed E-state index contributed by atoms with van der Waals surface area (Å²) in [5.41, 5.74) is 0. The van der Waals surface area contributed by atoms with E-state index >= 15 is 0 Å². The molecule has 0 aromatic heterocycles. The standard InChI is InChI=1S/C85H164O17P2/c1-5-9-13-17-21-25-29-33-37-39-43-46-50-54-58-62-66-70-83(88)96-76-81(102-85(90)72-68-64-60-56-52-48-44-40-38-34-30-26-22-18-14-10-6-2)78-100-104(93,94)98-74-79(86)73-97-103(91,92)99-77-80(101-84(89)71-67-63-59-55-51-47-42-36-32-28-24-20-16-12-8-4)75-95-82(87)69-65-61-57-53-49-45-41-35-31-27-23-19-15-11-7-3/h35,41,79-81,86H,5-34,36-40,42-78H2,1-4H3,(H,91,92)(H,93,94)/b41-35-/t79-,80+,81+/m0/s1. The Balaban J connectivity index is 5.29. The van der Waals surface area contributed by atoms with Crippen LogP contribution in [0.5, 0.6) is 0 Å². The van der Waals surface area contributed by atoms with Crippen molar-refractivity contribution in [2.75, 3.05) is 39.6 Å². The van der Waals surface area contributed by atoms with Gasteiger partial charge in [-0.05, 0) is 51.4 Å². The smallest absolute Gasteiger partial charge is 0.462 e. The van der Waals surface area contributed by atoms with E-state index in [0.29, 0.717) is 25.7 Å². The van der Waals surface area contributed by atoms with Crippen molar-refractivity contribution in [3.8, 4) is 0 Å². The van der Waals surface area contributed by atoms with Gasteiger partial charge >= 0.3 is 39.5 Å². The predicted molar refractivity (Wildman–Crippen MR) is 428 cm³/mol.